The predicted octanol–water partition coefficient (Wildman–Crippen LogP) is 4.23. The average molecular weight is 363 g/mol. The summed E-state index contributed by atoms with van der Waals surface area (Å²) < 4.78 is 5.30. The van der Waals surface area contributed by atoms with Crippen molar-refractivity contribution in [3.8, 4) is 0 Å². The van der Waals surface area contributed by atoms with E-state index in [2.05, 4.69) is 12.2 Å². The molecule has 0 aliphatic heterocycles. The third kappa shape index (κ3) is 3.48. The van der Waals surface area contributed by atoms with Crippen LogP contribution in [0.25, 0.3) is 11.0 Å². The number of nitrogens with two attached hydrogens (primary N) is 1. The zero-order valence-corrected chi connectivity index (χ0v) is 15.0. The van der Waals surface area contributed by atoms with Crippen LogP contribution in [0.2, 0.25) is 10.0 Å². The third-order valence-electron chi connectivity index (χ3n) is 4.20. The molecule has 2 aromatic carbocycles. The molecule has 1 atom stereocenters. The van der Waals surface area contributed by atoms with Crippen LogP contribution in [0, 0.1) is 6.92 Å². The van der Waals surface area contributed by atoms with Gasteiger partial charge in [-0.3, -0.25) is 0 Å². The molecule has 0 unspecified atom stereocenters. The van der Waals surface area contributed by atoms with Crippen molar-refractivity contribution in [2.75, 3.05) is 0 Å². The lowest BCUT2D eigenvalue weighted by atomic mass is 10.1. The van der Waals surface area contributed by atoms with Gasteiger partial charge in [-0.2, -0.15) is 0 Å². The number of aryl methyl sites for hydroxylation is 1. The van der Waals surface area contributed by atoms with Gasteiger partial charge in [-0.1, -0.05) is 41.4 Å². The van der Waals surface area contributed by atoms with Gasteiger partial charge in [0.05, 0.1) is 0 Å². The second kappa shape index (κ2) is 6.98. The van der Waals surface area contributed by atoms with Crippen molar-refractivity contribution in [2.45, 2.75) is 26.4 Å². The summed E-state index contributed by atoms with van der Waals surface area (Å²) in [5.74, 6) is 0. The Kier molecular flexibility index (Phi) is 4.95. The van der Waals surface area contributed by atoms with Crippen LogP contribution in [0.5, 0.6) is 0 Å². The van der Waals surface area contributed by atoms with Crippen LogP contribution >= 0.6 is 23.2 Å². The predicted molar refractivity (Wildman–Crippen MR) is 97.7 cm³/mol. The second-order valence-electron chi connectivity index (χ2n) is 5.94. The molecule has 0 aliphatic rings. The lowest BCUT2D eigenvalue weighted by Gasteiger charge is -2.13. The number of rotatable bonds is 4. The van der Waals surface area contributed by atoms with Crippen molar-refractivity contribution >= 4 is 34.2 Å². The van der Waals surface area contributed by atoms with E-state index in [0.717, 1.165) is 27.1 Å². The Morgan fingerprint density at radius 2 is 1.88 bits per heavy atom. The molecule has 124 valence electrons. The number of halogens is 2. The van der Waals surface area contributed by atoms with Gasteiger partial charge in [-0.25, -0.2) is 4.79 Å². The van der Waals surface area contributed by atoms with Gasteiger partial charge in [0.2, 0.25) is 0 Å². The largest absolute Gasteiger partial charge is 0.423 e. The zero-order chi connectivity index (χ0) is 17.3. The quantitative estimate of drug-likeness (QED) is 0.705. The van der Waals surface area contributed by atoms with E-state index >= 15 is 0 Å². The van der Waals surface area contributed by atoms with E-state index in [1.54, 1.807) is 6.07 Å². The molecule has 5 heteroatoms. The van der Waals surface area contributed by atoms with E-state index in [9.17, 15) is 4.79 Å². The average Bonchev–Trinajstić information content (AvgIpc) is 2.54. The Morgan fingerprint density at radius 3 is 2.62 bits per heavy atom. The maximum Gasteiger partial charge on any atom is 0.336 e. The molecule has 0 aliphatic carbocycles. The summed E-state index contributed by atoms with van der Waals surface area (Å²) in [6, 6.07) is 13.2. The highest BCUT2D eigenvalue weighted by Crippen LogP contribution is 2.25. The molecule has 24 heavy (non-hydrogen) atoms. The van der Waals surface area contributed by atoms with Crippen LogP contribution in [0.3, 0.4) is 0 Å². The topological polar surface area (TPSA) is 46.8 Å². The molecule has 3 nitrogen and oxygen atoms in total. The number of hydrogen-bond donors (Lipinski definition) is 1. The van der Waals surface area contributed by atoms with Gasteiger partial charge in [-0.15, -0.1) is 0 Å². The summed E-state index contributed by atoms with van der Waals surface area (Å²) in [6.07, 6.45) is 0. The number of benzene rings is 2. The highest BCUT2D eigenvalue weighted by molar-refractivity contribution is 6.32. The summed E-state index contributed by atoms with van der Waals surface area (Å²) in [6.45, 7) is 4.61. The van der Waals surface area contributed by atoms with E-state index in [-0.39, 0.29) is 11.7 Å². The summed E-state index contributed by atoms with van der Waals surface area (Å²) in [4.78, 5) is 11.8. The maximum atomic E-state index is 11.8. The molecule has 0 amide bonds. The first-order valence-electron chi connectivity index (χ1n) is 7.76. The van der Waals surface area contributed by atoms with E-state index in [1.807, 2.05) is 37.3 Å². The molecule has 2 N–H and O–H groups in total. The van der Waals surface area contributed by atoms with Gasteiger partial charge in [0, 0.05) is 32.6 Å². The summed E-state index contributed by atoms with van der Waals surface area (Å²) >= 11 is 12.5. The van der Waals surface area contributed by atoms with Crippen LogP contribution in [-0.2, 0) is 6.54 Å². The van der Waals surface area contributed by atoms with E-state index in [0.29, 0.717) is 17.2 Å². The van der Waals surface area contributed by atoms with Crippen molar-refractivity contribution in [3.63, 3.8) is 0 Å². The van der Waals surface area contributed by atoms with Crippen LogP contribution in [-0.4, -0.2) is 0 Å². The molecule has 0 radical (unpaired) electrons. The standard InChI is InChI=1S/C19H17Cl2NO2/c1-11-7-18-15(9-17(11)21)13(8-19(23)24-18)10-22-12(2)14-5-3-4-6-16(14)20/h3-9,12,22H,10H2,1-2H3/p+1/t12-/m1/s1. The normalized spacial score (nSPS) is 12.5. The Morgan fingerprint density at radius 1 is 1.12 bits per heavy atom. The first-order valence-corrected chi connectivity index (χ1v) is 8.52. The summed E-state index contributed by atoms with van der Waals surface area (Å²) in [5, 5.41) is 4.42. The molecule has 0 spiro atoms. The Labute approximate surface area is 150 Å². The second-order valence-corrected chi connectivity index (χ2v) is 6.75. The third-order valence-corrected chi connectivity index (χ3v) is 4.95. The number of quaternary nitrogens is 1. The summed E-state index contributed by atoms with van der Waals surface area (Å²) in [5.41, 5.74) is 3.08. The monoisotopic (exact) mass is 362 g/mol. The van der Waals surface area contributed by atoms with E-state index in [4.69, 9.17) is 27.6 Å². The fourth-order valence-corrected chi connectivity index (χ4v) is 3.26. The van der Waals surface area contributed by atoms with Crippen LogP contribution < -0.4 is 10.9 Å². The molecule has 0 saturated carbocycles. The molecule has 1 aromatic heterocycles. The van der Waals surface area contributed by atoms with Gasteiger partial charge < -0.3 is 9.73 Å². The first-order chi connectivity index (χ1) is 11.5. The highest BCUT2D eigenvalue weighted by atomic mass is 35.5. The highest BCUT2D eigenvalue weighted by Gasteiger charge is 2.14. The summed E-state index contributed by atoms with van der Waals surface area (Å²) in [7, 11) is 0. The minimum absolute atomic E-state index is 0.168. The first kappa shape index (κ1) is 17.0. The molecule has 0 saturated heterocycles. The van der Waals surface area contributed by atoms with Gasteiger partial charge >= 0.3 is 5.63 Å². The van der Waals surface area contributed by atoms with Gasteiger partial charge in [0.15, 0.2) is 0 Å². The van der Waals surface area contributed by atoms with E-state index in [1.165, 1.54) is 6.07 Å². The Hall–Kier alpha value is -1.81. The van der Waals surface area contributed by atoms with Gasteiger partial charge in [-0.05, 0) is 37.6 Å². The fourth-order valence-electron chi connectivity index (χ4n) is 2.79. The van der Waals surface area contributed by atoms with Crippen LogP contribution in [0.15, 0.2) is 51.7 Å². The Bertz CT molecular complexity index is 950. The minimum Gasteiger partial charge on any atom is -0.423 e. The smallest absolute Gasteiger partial charge is 0.336 e. The molecular weight excluding hydrogens is 345 g/mol. The van der Waals surface area contributed by atoms with E-state index < -0.39 is 0 Å². The SMILES string of the molecule is Cc1cc2oc(=O)cc(C[NH2+][C@H](C)c3ccccc3Cl)c2cc1Cl. The molecular formula is C19H18Cl2NO2+. The van der Waals surface area contributed by atoms with Crippen molar-refractivity contribution in [1.82, 2.24) is 0 Å². The zero-order valence-electron chi connectivity index (χ0n) is 13.5. The fraction of sp³-hybridized carbons (Fsp3) is 0.211. The Balaban J connectivity index is 1.91. The van der Waals surface area contributed by atoms with Crippen molar-refractivity contribution < 1.29 is 9.73 Å². The number of fused-ring (bicyclic) bond motifs is 1. The van der Waals surface area contributed by atoms with Crippen molar-refractivity contribution in [1.29, 1.82) is 0 Å². The van der Waals surface area contributed by atoms with Crippen molar-refractivity contribution in [2.24, 2.45) is 0 Å². The number of hydrogen-bond acceptors (Lipinski definition) is 2. The van der Waals surface area contributed by atoms with Crippen LogP contribution in [0.1, 0.15) is 29.7 Å². The minimum atomic E-state index is -0.349. The molecule has 0 bridgehead atoms. The van der Waals surface area contributed by atoms with Crippen molar-refractivity contribution in [3.05, 3.63) is 79.6 Å². The lowest BCUT2D eigenvalue weighted by molar-refractivity contribution is -0.707. The van der Waals surface area contributed by atoms with Crippen LogP contribution in [0.4, 0.5) is 0 Å². The van der Waals surface area contributed by atoms with Gasteiger partial charge in [0.25, 0.3) is 0 Å². The molecule has 3 aromatic rings. The molecule has 1 heterocycles. The lowest BCUT2D eigenvalue weighted by Crippen LogP contribution is -2.83. The maximum absolute atomic E-state index is 11.8. The molecule has 0 fully saturated rings. The molecule has 3 rings (SSSR count). The van der Waals surface area contributed by atoms with Gasteiger partial charge in [0.1, 0.15) is 18.2 Å².